The Morgan fingerprint density at radius 1 is 1.38 bits per heavy atom. The number of hydrogen-bond acceptors (Lipinski definition) is 6. The quantitative estimate of drug-likeness (QED) is 0.671. The Bertz CT molecular complexity index is 870. The fourth-order valence-corrected chi connectivity index (χ4v) is 5.35. The summed E-state index contributed by atoms with van der Waals surface area (Å²) in [7, 11) is 0. The van der Waals surface area contributed by atoms with Gasteiger partial charge in [-0.1, -0.05) is 23.7 Å². The van der Waals surface area contributed by atoms with Crippen molar-refractivity contribution >= 4 is 33.8 Å². The molecule has 29 heavy (non-hydrogen) atoms. The summed E-state index contributed by atoms with van der Waals surface area (Å²) in [6, 6.07) is 7.11. The fourth-order valence-electron chi connectivity index (χ4n) is 3.99. The molecule has 1 amide bonds. The van der Waals surface area contributed by atoms with Gasteiger partial charge in [0.25, 0.3) is 0 Å². The van der Waals surface area contributed by atoms with Gasteiger partial charge in [-0.15, -0.1) is 11.3 Å². The van der Waals surface area contributed by atoms with Crippen LogP contribution in [0.1, 0.15) is 40.5 Å². The van der Waals surface area contributed by atoms with Gasteiger partial charge < -0.3 is 20.3 Å². The summed E-state index contributed by atoms with van der Waals surface area (Å²) in [5, 5.41) is 25.2. The summed E-state index contributed by atoms with van der Waals surface area (Å²) < 4.78 is 5.57. The van der Waals surface area contributed by atoms with Gasteiger partial charge in [-0.3, -0.25) is 9.69 Å². The lowest BCUT2D eigenvalue weighted by Gasteiger charge is -2.29. The number of β-amino-alcohol motifs (C(OH)–C–C–N with tert-alkyl or cyclic N) is 1. The number of piperidine rings is 1. The first-order chi connectivity index (χ1) is 14.0. The minimum atomic E-state index is -0.850. The summed E-state index contributed by atoms with van der Waals surface area (Å²) >= 11 is 7.45. The Morgan fingerprint density at radius 2 is 2.17 bits per heavy atom. The predicted octanol–water partition coefficient (Wildman–Crippen LogP) is 2.95. The van der Waals surface area contributed by atoms with Gasteiger partial charge in [0.2, 0.25) is 5.91 Å². The summed E-state index contributed by atoms with van der Waals surface area (Å²) in [5.74, 6) is -0.136. The van der Waals surface area contributed by atoms with Crippen LogP contribution < -0.4 is 5.32 Å². The number of nitrogens with one attached hydrogen (secondary N) is 1. The highest BCUT2D eigenvalue weighted by Crippen LogP contribution is 2.42. The highest BCUT2D eigenvalue weighted by Gasteiger charge is 2.28. The van der Waals surface area contributed by atoms with E-state index in [9.17, 15) is 15.0 Å². The predicted molar refractivity (Wildman–Crippen MR) is 114 cm³/mol. The number of anilines is 1. The molecule has 0 bridgehead atoms. The second-order valence-electron chi connectivity index (χ2n) is 7.58. The molecular weight excluding hydrogens is 412 g/mol. The van der Waals surface area contributed by atoms with E-state index in [4.69, 9.17) is 16.3 Å². The number of amides is 1. The maximum atomic E-state index is 12.7. The molecule has 0 saturated carbocycles. The second kappa shape index (κ2) is 9.12. The molecule has 2 aliphatic rings. The lowest BCUT2D eigenvalue weighted by molar-refractivity contribution is -0.118. The van der Waals surface area contributed by atoms with Crippen molar-refractivity contribution in [2.45, 2.75) is 38.1 Å². The van der Waals surface area contributed by atoms with Crippen molar-refractivity contribution in [2.75, 3.05) is 31.6 Å². The number of carbonyl (C=O) groups excluding carboxylic acids is 1. The zero-order valence-electron chi connectivity index (χ0n) is 16.1. The number of halogens is 1. The molecule has 3 N–H and O–H groups in total. The van der Waals surface area contributed by atoms with Gasteiger partial charge in [0, 0.05) is 22.0 Å². The van der Waals surface area contributed by atoms with Crippen LogP contribution in [0.5, 0.6) is 0 Å². The van der Waals surface area contributed by atoms with E-state index in [-0.39, 0.29) is 18.6 Å². The third-order valence-electron chi connectivity index (χ3n) is 5.42. The van der Waals surface area contributed by atoms with Crippen LogP contribution in [0.2, 0.25) is 5.02 Å². The van der Waals surface area contributed by atoms with Crippen LogP contribution in [0, 0.1) is 0 Å². The highest BCUT2D eigenvalue weighted by molar-refractivity contribution is 7.16. The number of ether oxygens (including phenoxy) is 1. The molecule has 0 spiro atoms. The topological polar surface area (TPSA) is 82.0 Å². The molecule has 156 valence electrons. The molecule has 0 radical (unpaired) electrons. The van der Waals surface area contributed by atoms with Crippen molar-refractivity contribution < 1.29 is 19.7 Å². The number of benzene rings is 1. The number of rotatable bonds is 5. The Morgan fingerprint density at radius 3 is 2.93 bits per heavy atom. The number of thiophene rings is 1. The zero-order chi connectivity index (χ0) is 20.4. The van der Waals surface area contributed by atoms with Gasteiger partial charge in [-0.2, -0.15) is 0 Å². The molecule has 3 heterocycles. The Hall–Kier alpha value is -1.48. The molecule has 6 nitrogen and oxygen atoms in total. The molecule has 1 fully saturated rings. The highest BCUT2D eigenvalue weighted by atomic mass is 35.5. The van der Waals surface area contributed by atoms with Crippen molar-refractivity contribution in [2.24, 2.45) is 0 Å². The Balaban J connectivity index is 1.57. The number of fused-ring (bicyclic) bond motifs is 1. The van der Waals surface area contributed by atoms with E-state index in [0.717, 1.165) is 41.0 Å². The van der Waals surface area contributed by atoms with E-state index in [1.54, 1.807) is 24.3 Å². The summed E-state index contributed by atoms with van der Waals surface area (Å²) in [6.07, 6.45) is 1.16. The number of aliphatic hydroxyl groups excluding tert-OH is 2. The van der Waals surface area contributed by atoms with Gasteiger partial charge in [-0.05, 0) is 49.1 Å². The van der Waals surface area contributed by atoms with E-state index in [1.807, 2.05) is 4.90 Å². The van der Waals surface area contributed by atoms with Crippen LogP contribution in [0.3, 0.4) is 0 Å². The monoisotopic (exact) mass is 436 g/mol. The minimum Gasteiger partial charge on any atom is -0.392 e. The minimum absolute atomic E-state index is 0.136. The molecular formula is C21H25ClN2O4S. The van der Waals surface area contributed by atoms with E-state index in [1.165, 1.54) is 11.3 Å². The summed E-state index contributed by atoms with van der Waals surface area (Å²) in [6.45, 7) is 2.65. The van der Waals surface area contributed by atoms with Crippen LogP contribution >= 0.6 is 22.9 Å². The van der Waals surface area contributed by atoms with Crippen LogP contribution in [0.15, 0.2) is 24.3 Å². The largest absolute Gasteiger partial charge is 0.392 e. The van der Waals surface area contributed by atoms with Crippen LogP contribution in [-0.2, 0) is 22.6 Å². The van der Waals surface area contributed by atoms with Gasteiger partial charge in [0.05, 0.1) is 25.9 Å². The SMILES string of the molecule is O=C(CN1CCCC(O)C1)Nc1sc2c(c1C(O)c1ccc(Cl)cc1)CCOC2. The Kier molecular flexibility index (Phi) is 6.53. The zero-order valence-corrected chi connectivity index (χ0v) is 17.6. The van der Waals surface area contributed by atoms with Crippen molar-refractivity contribution in [3.63, 3.8) is 0 Å². The molecule has 1 saturated heterocycles. The van der Waals surface area contributed by atoms with Crippen LogP contribution in [-0.4, -0.2) is 53.4 Å². The molecule has 2 unspecified atom stereocenters. The average Bonchev–Trinajstić information content (AvgIpc) is 3.05. The van der Waals surface area contributed by atoms with E-state index >= 15 is 0 Å². The molecule has 0 aliphatic carbocycles. The van der Waals surface area contributed by atoms with Gasteiger partial charge in [0.15, 0.2) is 0 Å². The smallest absolute Gasteiger partial charge is 0.239 e. The summed E-state index contributed by atoms with van der Waals surface area (Å²) in [4.78, 5) is 15.7. The van der Waals surface area contributed by atoms with Crippen molar-refractivity contribution in [3.05, 3.63) is 50.9 Å². The number of hydrogen-bond donors (Lipinski definition) is 3. The van der Waals surface area contributed by atoms with E-state index in [2.05, 4.69) is 5.32 Å². The lowest BCUT2D eigenvalue weighted by atomic mass is 9.96. The molecule has 2 aliphatic heterocycles. The number of nitrogens with zero attached hydrogens (tertiary/aromatic N) is 1. The van der Waals surface area contributed by atoms with Crippen molar-refractivity contribution in [1.82, 2.24) is 4.90 Å². The van der Waals surface area contributed by atoms with Crippen molar-refractivity contribution in [1.29, 1.82) is 0 Å². The van der Waals surface area contributed by atoms with Crippen LogP contribution in [0.4, 0.5) is 5.00 Å². The maximum Gasteiger partial charge on any atom is 0.239 e. The first kappa shape index (κ1) is 20.8. The standard InChI is InChI=1S/C21H25ClN2O4S/c22-14-5-3-13(4-6-14)20(27)19-16-7-9-28-12-17(16)29-21(19)23-18(26)11-24-8-1-2-15(25)10-24/h3-6,15,20,25,27H,1-2,7-12H2,(H,23,26). The molecule has 1 aromatic carbocycles. The van der Waals surface area contributed by atoms with E-state index < -0.39 is 6.10 Å². The average molecular weight is 437 g/mol. The first-order valence-corrected chi connectivity index (χ1v) is 11.1. The normalized spacial score (nSPS) is 20.9. The van der Waals surface area contributed by atoms with Crippen LogP contribution in [0.25, 0.3) is 0 Å². The number of carbonyl (C=O) groups is 1. The van der Waals surface area contributed by atoms with Gasteiger partial charge in [0.1, 0.15) is 11.1 Å². The number of aliphatic hydroxyl groups is 2. The summed E-state index contributed by atoms with van der Waals surface area (Å²) in [5.41, 5.74) is 2.55. The third kappa shape index (κ3) is 4.82. The molecule has 2 atom stereocenters. The van der Waals surface area contributed by atoms with E-state index in [0.29, 0.717) is 36.2 Å². The number of likely N-dealkylation sites (tertiary alicyclic amines) is 1. The fraction of sp³-hybridized carbons (Fsp3) is 0.476. The van der Waals surface area contributed by atoms with Gasteiger partial charge in [-0.25, -0.2) is 0 Å². The first-order valence-electron chi connectivity index (χ1n) is 9.87. The molecule has 4 rings (SSSR count). The molecule has 2 aromatic rings. The lowest BCUT2D eigenvalue weighted by Crippen LogP contribution is -2.42. The van der Waals surface area contributed by atoms with Gasteiger partial charge >= 0.3 is 0 Å². The Labute approximate surface area is 179 Å². The molecule has 8 heteroatoms. The third-order valence-corrected chi connectivity index (χ3v) is 6.81. The second-order valence-corrected chi connectivity index (χ2v) is 9.12. The molecule has 1 aromatic heterocycles. The van der Waals surface area contributed by atoms with Crippen molar-refractivity contribution in [3.8, 4) is 0 Å². The maximum absolute atomic E-state index is 12.7.